The largest absolute Gasteiger partial charge is 0.415 e. The van der Waals surface area contributed by atoms with Gasteiger partial charge in [-0.1, -0.05) is 25.1 Å². The molecule has 1 N–H and O–H groups in total. The third-order valence-corrected chi connectivity index (χ3v) is 3.74. The summed E-state index contributed by atoms with van der Waals surface area (Å²) in [6, 6.07) is 8.61. The van der Waals surface area contributed by atoms with Crippen LogP contribution in [0.25, 0.3) is 0 Å². The minimum Gasteiger partial charge on any atom is -0.410 e. The summed E-state index contributed by atoms with van der Waals surface area (Å²) in [5.74, 6) is 0.405. The van der Waals surface area contributed by atoms with E-state index < -0.39 is 12.1 Å². The van der Waals surface area contributed by atoms with Gasteiger partial charge in [0.2, 0.25) is 5.91 Å². The third kappa shape index (κ3) is 3.97. The van der Waals surface area contributed by atoms with Gasteiger partial charge in [-0.25, -0.2) is 4.79 Å². The van der Waals surface area contributed by atoms with E-state index in [-0.39, 0.29) is 11.9 Å². The second-order valence-electron chi connectivity index (χ2n) is 5.35. The smallest absolute Gasteiger partial charge is 0.410 e. The van der Waals surface area contributed by atoms with Crippen LogP contribution in [0.1, 0.15) is 33.1 Å². The van der Waals surface area contributed by atoms with Crippen molar-refractivity contribution in [2.45, 2.75) is 45.2 Å². The Hall–Kier alpha value is -2.04. The minimum atomic E-state index is -0.456. The molecule has 1 aliphatic heterocycles. The lowest BCUT2D eigenvalue weighted by Gasteiger charge is -2.24. The molecule has 2 atom stereocenters. The fourth-order valence-electron chi connectivity index (χ4n) is 2.35. The summed E-state index contributed by atoms with van der Waals surface area (Å²) < 4.78 is 5.32. The molecule has 1 aliphatic rings. The number of amides is 2. The van der Waals surface area contributed by atoms with Gasteiger partial charge in [-0.3, -0.25) is 9.69 Å². The van der Waals surface area contributed by atoms with Gasteiger partial charge in [0.25, 0.3) is 0 Å². The van der Waals surface area contributed by atoms with E-state index in [4.69, 9.17) is 4.74 Å². The van der Waals surface area contributed by atoms with Gasteiger partial charge >= 0.3 is 6.09 Å². The van der Waals surface area contributed by atoms with Crippen molar-refractivity contribution in [3.63, 3.8) is 0 Å². The van der Waals surface area contributed by atoms with Gasteiger partial charge in [-0.2, -0.15) is 0 Å². The SMILES string of the molecule is CC[C@@H](C)NC(=O)[C@H]1CCCN1C(=O)Oc1ccccc1. The Balaban J connectivity index is 1.97. The molecule has 1 aromatic carbocycles. The Morgan fingerprint density at radius 1 is 1.38 bits per heavy atom. The molecule has 1 heterocycles. The first-order valence-electron chi connectivity index (χ1n) is 7.45. The molecule has 0 aromatic heterocycles. The van der Waals surface area contributed by atoms with Crippen LogP contribution in [-0.2, 0) is 4.79 Å². The van der Waals surface area contributed by atoms with Crippen molar-refractivity contribution in [2.24, 2.45) is 0 Å². The average molecular weight is 290 g/mol. The number of nitrogens with zero attached hydrogens (tertiary/aromatic N) is 1. The normalized spacial score (nSPS) is 19.1. The number of benzene rings is 1. The molecule has 0 aliphatic carbocycles. The summed E-state index contributed by atoms with van der Waals surface area (Å²) in [6.07, 6.45) is 1.92. The fourth-order valence-corrected chi connectivity index (χ4v) is 2.35. The van der Waals surface area contributed by atoms with E-state index in [0.717, 1.165) is 12.8 Å². The molecule has 0 unspecified atom stereocenters. The summed E-state index contributed by atoms with van der Waals surface area (Å²) in [5, 5.41) is 2.93. The predicted octanol–water partition coefficient (Wildman–Crippen LogP) is 2.56. The molecule has 2 rings (SSSR count). The van der Waals surface area contributed by atoms with Crippen molar-refractivity contribution >= 4 is 12.0 Å². The van der Waals surface area contributed by atoms with Crippen molar-refractivity contribution in [2.75, 3.05) is 6.54 Å². The van der Waals surface area contributed by atoms with Crippen LogP contribution in [0.5, 0.6) is 5.75 Å². The van der Waals surface area contributed by atoms with E-state index in [1.54, 1.807) is 24.3 Å². The van der Waals surface area contributed by atoms with E-state index in [2.05, 4.69) is 5.32 Å². The Labute approximate surface area is 125 Å². The summed E-state index contributed by atoms with van der Waals surface area (Å²) in [5.41, 5.74) is 0. The number of likely N-dealkylation sites (tertiary alicyclic amines) is 1. The van der Waals surface area contributed by atoms with Crippen molar-refractivity contribution in [1.82, 2.24) is 10.2 Å². The van der Waals surface area contributed by atoms with Crippen LogP contribution in [0.2, 0.25) is 0 Å². The zero-order valence-electron chi connectivity index (χ0n) is 12.5. The van der Waals surface area contributed by atoms with Crippen LogP contribution in [0.3, 0.4) is 0 Å². The zero-order valence-corrected chi connectivity index (χ0v) is 12.5. The van der Waals surface area contributed by atoms with E-state index in [1.165, 1.54) is 4.90 Å². The maximum absolute atomic E-state index is 12.2. The molecular weight excluding hydrogens is 268 g/mol. The summed E-state index contributed by atoms with van der Waals surface area (Å²) in [6.45, 7) is 4.53. The van der Waals surface area contributed by atoms with E-state index in [0.29, 0.717) is 18.7 Å². The van der Waals surface area contributed by atoms with Crippen LogP contribution < -0.4 is 10.1 Å². The molecule has 0 saturated carbocycles. The van der Waals surface area contributed by atoms with Gasteiger partial charge in [0.05, 0.1) is 0 Å². The van der Waals surface area contributed by atoms with Gasteiger partial charge < -0.3 is 10.1 Å². The molecule has 0 spiro atoms. The molecule has 21 heavy (non-hydrogen) atoms. The van der Waals surface area contributed by atoms with Crippen LogP contribution in [0.4, 0.5) is 4.79 Å². The molecular formula is C16H22N2O3. The van der Waals surface area contributed by atoms with E-state index in [9.17, 15) is 9.59 Å². The molecule has 2 amide bonds. The van der Waals surface area contributed by atoms with Crippen molar-refractivity contribution in [3.05, 3.63) is 30.3 Å². The maximum Gasteiger partial charge on any atom is 0.415 e. The molecule has 1 saturated heterocycles. The number of nitrogens with one attached hydrogen (secondary N) is 1. The number of hydrogen-bond donors (Lipinski definition) is 1. The van der Waals surface area contributed by atoms with Crippen molar-refractivity contribution in [1.29, 1.82) is 0 Å². The molecule has 1 aromatic rings. The van der Waals surface area contributed by atoms with Crippen LogP contribution in [-0.4, -0.2) is 35.5 Å². The molecule has 5 nitrogen and oxygen atoms in total. The van der Waals surface area contributed by atoms with Gasteiger partial charge in [0.15, 0.2) is 0 Å². The zero-order chi connectivity index (χ0) is 15.2. The van der Waals surface area contributed by atoms with Gasteiger partial charge in [0, 0.05) is 12.6 Å². The summed E-state index contributed by atoms with van der Waals surface area (Å²) in [7, 11) is 0. The molecule has 0 bridgehead atoms. The minimum absolute atomic E-state index is 0.0909. The Morgan fingerprint density at radius 2 is 2.10 bits per heavy atom. The van der Waals surface area contributed by atoms with Crippen molar-refractivity contribution in [3.8, 4) is 5.75 Å². The third-order valence-electron chi connectivity index (χ3n) is 3.74. The molecule has 0 radical (unpaired) electrons. The van der Waals surface area contributed by atoms with Gasteiger partial charge in [-0.05, 0) is 38.3 Å². The number of hydrogen-bond acceptors (Lipinski definition) is 3. The lowest BCUT2D eigenvalue weighted by Crippen LogP contribution is -2.48. The number of ether oxygens (including phenoxy) is 1. The maximum atomic E-state index is 12.2. The quantitative estimate of drug-likeness (QED) is 0.927. The highest BCUT2D eigenvalue weighted by Gasteiger charge is 2.35. The number of carbonyl (C=O) groups is 2. The first-order valence-corrected chi connectivity index (χ1v) is 7.45. The van der Waals surface area contributed by atoms with Crippen LogP contribution >= 0.6 is 0 Å². The number of rotatable bonds is 4. The summed E-state index contributed by atoms with van der Waals surface area (Å²) >= 11 is 0. The molecule has 1 fully saturated rings. The predicted molar refractivity (Wildman–Crippen MR) is 80.1 cm³/mol. The highest BCUT2D eigenvalue weighted by atomic mass is 16.6. The average Bonchev–Trinajstić information content (AvgIpc) is 2.97. The van der Waals surface area contributed by atoms with Gasteiger partial charge in [0.1, 0.15) is 11.8 Å². The van der Waals surface area contributed by atoms with Crippen LogP contribution in [0, 0.1) is 0 Å². The molecule has 5 heteroatoms. The fraction of sp³-hybridized carbons (Fsp3) is 0.500. The first-order chi connectivity index (χ1) is 10.1. The van der Waals surface area contributed by atoms with Gasteiger partial charge in [-0.15, -0.1) is 0 Å². The number of para-hydroxylation sites is 1. The Bertz CT molecular complexity index is 490. The monoisotopic (exact) mass is 290 g/mol. The second-order valence-corrected chi connectivity index (χ2v) is 5.35. The summed E-state index contributed by atoms with van der Waals surface area (Å²) in [4.78, 5) is 25.9. The number of carbonyl (C=O) groups excluding carboxylic acids is 2. The molecule has 114 valence electrons. The van der Waals surface area contributed by atoms with E-state index in [1.807, 2.05) is 19.9 Å². The standard InChI is InChI=1S/C16H22N2O3/c1-3-12(2)17-15(19)14-10-7-11-18(14)16(20)21-13-8-5-4-6-9-13/h4-6,8-9,12,14H,3,7,10-11H2,1-2H3,(H,17,19)/t12-,14-/m1/s1. The second kappa shape index (κ2) is 7.11. The van der Waals surface area contributed by atoms with E-state index >= 15 is 0 Å². The Morgan fingerprint density at radius 3 is 2.76 bits per heavy atom. The highest BCUT2D eigenvalue weighted by molar-refractivity contribution is 5.86. The Kier molecular flexibility index (Phi) is 5.20. The lowest BCUT2D eigenvalue weighted by molar-refractivity contribution is -0.125. The van der Waals surface area contributed by atoms with Crippen LogP contribution in [0.15, 0.2) is 30.3 Å². The lowest BCUT2D eigenvalue weighted by atomic mass is 10.2. The topological polar surface area (TPSA) is 58.6 Å². The van der Waals surface area contributed by atoms with Crippen molar-refractivity contribution < 1.29 is 14.3 Å². The highest BCUT2D eigenvalue weighted by Crippen LogP contribution is 2.20. The first kappa shape index (κ1) is 15.4.